The van der Waals surface area contributed by atoms with Crippen molar-refractivity contribution in [1.82, 2.24) is 0 Å². The SMILES string of the molecule is C=C1CCO[C@@]12CCC1C3CCC4=CC(=O)CC[C@@H]4C3[C@@H](c3ccc(-c4ccc(C#N)cc4)cc3)C[C@@]12C. The van der Waals surface area contributed by atoms with E-state index in [1.165, 1.54) is 35.1 Å². The minimum atomic E-state index is -0.165. The van der Waals surface area contributed by atoms with Gasteiger partial charge in [-0.1, -0.05) is 55.5 Å². The third kappa shape index (κ3) is 3.39. The highest BCUT2D eigenvalue weighted by molar-refractivity contribution is 5.91. The van der Waals surface area contributed by atoms with Gasteiger partial charge in [-0.05, 0) is 115 Å². The highest BCUT2D eigenvalue weighted by Gasteiger charge is 2.67. The van der Waals surface area contributed by atoms with E-state index in [2.05, 4.69) is 43.8 Å². The molecule has 0 amide bonds. The first-order valence-electron chi connectivity index (χ1n) is 14.6. The second-order valence-corrected chi connectivity index (χ2v) is 12.8. The van der Waals surface area contributed by atoms with Crippen molar-refractivity contribution in [2.75, 3.05) is 6.61 Å². The predicted molar refractivity (Wildman–Crippen MR) is 149 cm³/mol. The maximum absolute atomic E-state index is 12.4. The zero-order valence-corrected chi connectivity index (χ0v) is 22.4. The molecule has 4 aliphatic carbocycles. The number of hydrogen-bond acceptors (Lipinski definition) is 3. The van der Waals surface area contributed by atoms with Crippen LogP contribution in [0.15, 0.2) is 72.3 Å². The van der Waals surface area contributed by atoms with Crippen LogP contribution >= 0.6 is 0 Å². The quantitative estimate of drug-likeness (QED) is 0.393. The number of carbonyl (C=O) groups excluding carboxylic acids is 1. The number of ketones is 1. The van der Waals surface area contributed by atoms with Crippen molar-refractivity contribution in [3.05, 3.63) is 83.5 Å². The zero-order chi connectivity index (χ0) is 26.1. The first-order chi connectivity index (χ1) is 18.4. The largest absolute Gasteiger partial charge is 0.370 e. The summed E-state index contributed by atoms with van der Waals surface area (Å²) in [6, 6.07) is 19.3. The molecule has 5 aliphatic rings. The number of hydrogen-bond donors (Lipinski definition) is 0. The lowest BCUT2D eigenvalue weighted by Gasteiger charge is -2.59. The van der Waals surface area contributed by atoms with Crippen LogP contribution in [-0.2, 0) is 9.53 Å². The Labute approximate surface area is 226 Å². The molecular formula is C35H37NO2. The van der Waals surface area contributed by atoms with Gasteiger partial charge in [-0.2, -0.15) is 5.26 Å². The van der Waals surface area contributed by atoms with Crippen molar-refractivity contribution in [2.24, 2.45) is 29.1 Å². The van der Waals surface area contributed by atoms with Gasteiger partial charge in [0.25, 0.3) is 0 Å². The summed E-state index contributed by atoms with van der Waals surface area (Å²) in [5, 5.41) is 9.16. The number of carbonyl (C=O) groups is 1. The van der Waals surface area contributed by atoms with Crippen molar-refractivity contribution in [2.45, 2.75) is 69.8 Å². The fraction of sp³-hybridized carbons (Fsp3) is 0.486. The lowest BCUT2D eigenvalue weighted by Crippen LogP contribution is -2.55. The Hall–Kier alpha value is -2.96. The lowest BCUT2D eigenvalue weighted by atomic mass is 9.46. The summed E-state index contributed by atoms with van der Waals surface area (Å²) in [5.74, 6) is 3.23. The number of nitrogens with zero attached hydrogens (tertiary/aromatic N) is 1. The molecule has 0 radical (unpaired) electrons. The van der Waals surface area contributed by atoms with Gasteiger partial charge in [0.1, 0.15) is 0 Å². The Kier molecular flexibility index (Phi) is 5.57. The average Bonchev–Trinajstić information content (AvgIpc) is 3.47. The van der Waals surface area contributed by atoms with Crippen molar-refractivity contribution >= 4 is 5.78 Å². The number of ether oxygens (including phenoxy) is 1. The van der Waals surface area contributed by atoms with Crippen molar-refractivity contribution < 1.29 is 9.53 Å². The molecule has 1 spiro atoms. The van der Waals surface area contributed by atoms with Crippen LogP contribution in [0.4, 0.5) is 0 Å². The van der Waals surface area contributed by atoms with Crippen molar-refractivity contribution in [3.8, 4) is 17.2 Å². The molecule has 1 aliphatic heterocycles. The maximum atomic E-state index is 12.4. The van der Waals surface area contributed by atoms with Crippen LogP contribution < -0.4 is 0 Å². The minimum absolute atomic E-state index is 0.101. The van der Waals surface area contributed by atoms with Gasteiger partial charge in [-0.25, -0.2) is 0 Å². The van der Waals surface area contributed by atoms with Crippen LogP contribution in [0, 0.1) is 40.4 Å². The summed E-state index contributed by atoms with van der Waals surface area (Å²) in [4.78, 5) is 12.4. The van der Waals surface area contributed by atoms with Gasteiger partial charge in [0, 0.05) is 11.8 Å². The van der Waals surface area contributed by atoms with Gasteiger partial charge < -0.3 is 4.74 Å². The predicted octanol–water partition coefficient (Wildman–Crippen LogP) is 7.78. The van der Waals surface area contributed by atoms with Gasteiger partial charge in [-0.15, -0.1) is 0 Å². The molecule has 0 bridgehead atoms. The minimum Gasteiger partial charge on any atom is -0.370 e. The summed E-state index contributed by atoms with van der Waals surface area (Å²) in [6.07, 6.45) is 10.5. The average molecular weight is 504 g/mol. The molecule has 0 aromatic heterocycles. The summed E-state index contributed by atoms with van der Waals surface area (Å²) >= 11 is 0. The molecule has 3 unspecified atom stereocenters. The topological polar surface area (TPSA) is 50.1 Å². The lowest BCUT2D eigenvalue weighted by molar-refractivity contribution is -0.122. The first-order valence-corrected chi connectivity index (χ1v) is 14.6. The Morgan fingerprint density at radius 1 is 0.947 bits per heavy atom. The Balaban J connectivity index is 1.29. The number of allylic oxidation sites excluding steroid dienone is 1. The van der Waals surface area contributed by atoms with Crippen LogP contribution in [0.25, 0.3) is 11.1 Å². The van der Waals surface area contributed by atoms with E-state index in [9.17, 15) is 4.79 Å². The molecule has 194 valence electrons. The number of benzene rings is 2. The molecule has 1 heterocycles. The molecule has 3 saturated carbocycles. The van der Waals surface area contributed by atoms with Crippen LogP contribution in [0.1, 0.15) is 75.3 Å². The van der Waals surface area contributed by atoms with Gasteiger partial charge >= 0.3 is 0 Å². The van der Waals surface area contributed by atoms with Crippen LogP contribution in [0.5, 0.6) is 0 Å². The number of rotatable bonds is 2. The fourth-order valence-electron chi connectivity index (χ4n) is 9.77. The van der Waals surface area contributed by atoms with E-state index in [1.807, 2.05) is 30.3 Å². The maximum Gasteiger partial charge on any atom is 0.155 e. The normalized spacial score (nSPS) is 37.8. The van der Waals surface area contributed by atoms with Gasteiger partial charge in [-0.3, -0.25) is 4.79 Å². The third-order valence-electron chi connectivity index (χ3n) is 11.4. The fourth-order valence-corrected chi connectivity index (χ4v) is 9.77. The molecule has 2 aromatic rings. The van der Waals surface area contributed by atoms with Crippen LogP contribution in [-0.4, -0.2) is 18.0 Å². The van der Waals surface area contributed by atoms with E-state index in [-0.39, 0.29) is 11.0 Å². The van der Waals surface area contributed by atoms with E-state index in [4.69, 9.17) is 10.00 Å². The second-order valence-electron chi connectivity index (χ2n) is 12.8. The molecule has 3 heteroatoms. The summed E-state index contributed by atoms with van der Waals surface area (Å²) in [6.45, 7) is 7.92. The van der Waals surface area contributed by atoms with E-state index in [0.717, 1.165) is 44.3 Å². The Morgan fingerprint density at radius 3 is 2.37 bits per heavy atom. The highest BCUT2D eigenvalue weighted by atomic mass is 16.5. The molecule has 7 atom stereocenters. The Morgan fingerprint density at radius 2 is 1.68 bits per heavy atom. The molecule has 2 aromatic carbocycles. The first kappa shape index (κ1) is 24.1. The molecular weight excluding hydrogens is 466 g/mol. The smallest absolute Gasteiger partial charge is 0.155 e. The van der Waals surface area contributed by atoms with Gasteiger partial charge in [0.05, 0.1) is 23.8 Å². The standard InChI is InChI=1S/C35H37NO2/c1-22-16-18-38-35(22)17-15-32-30-13-11-27-19-28(37)12-14-29(27)33(30)31(20-34(32,35)2)26-9-7-25(8-10-26)24-5-3-23(21-36)4-6-24/h3-10,19,29-33H,1,11-18,20H2,2H3/t29-,30?,31+,32?,33?,34-,35-/m0/s1. The van der Waals surface area contributed by atoms with Crippen LogP contribution in [0.2, 0.25) is 0 Å². The molecule has 7 rings (SSSR count). The highest BCUT2D eigenvalue weighted by Crippen LogP contribution is 2.71. The summed E-state index contributed by atoms with van der Waals surface area (Å²) < 4.78 is 6.69. The van der Waals surface area contributed by atoms with E-state index in [0.29, 0.717) is 47.4 Å². The summed E-state index contributed by atoms with van der Waals surface area (Å²) in [5.41, 5.74) is 7.15. The molecule has 0 N–H and O–H groups in total. The van der Waals surface area contributed by atoms with Gasteiger partial charge in [0.2, 0.25) is 0 Å². The number of fused-ring (bicyclic) bond motifs is 6. The van der Waals surface area contributed by atoms with E-state index in [1.54, 1.807) is 0 Å². The third-order valence-corrected chi connectivity index (χ3v) is 11.4. The van der Waals surface area contributed by atoms with E-state index >= 15 is 0 Å². The molecule has 4 fully saturated rings. The summed E-state index contributed by atoms with van der Waals surface area (Å²) in [7, 11) is 0. The number of nitriles is 1. The van der Waals surface area contributed by atoms with Crippen LogP contribution in [0.3, 0.4) is 0 Å². The second kappa shape index (κ2) is 8.78. The van der Waals surface area contributed by atoms with Gasteiger partial charge in [0.15, 0.2) is 5.78 Å². The van der Waals surface area contributed by atoms with Crippen molar-refractivity contribution in [1.29, 1.82) is 5.26 Å². The molecule has 38 heavy (non-hydrogen) atoms. The van der Waals surface area contributed by atoms with E-state index < -0.39 is 0 Å². The van der Waals surface area contributed by atoms with Crippen molar-refractivity contribution in [3.63, 3.8) is 0 Å². The molecule has 3 nitrogen and oxygen atoms in total. The zero-order valence-electron chi connectivity index (χ0n) is 22.4. The molecule has 1 saturated heterocycles. The Bertz CT molecular complexity index is 1360. The monoisotopic (exact) mass is 503 g/mol.